The number of rotatable bonds is 7. The van der Waals surface area contributed by atoms with E-state index in [4.69, 9.17) is 9.47 Å². The predicted octanol–water partition coefficient (Wildman–Crippen LogP) is 2.52. The monoisotopic (exact) mass is 267 g/mol. The van der Waals surface area contributed by atoms with Gasteiger partial charge in [-0.05, 0) is 38.0 Å². The van der Waals surface area contributed by atoms with Crippen LogP contribution in [-0.2, 0) is 0 Å². The molecule has 0 bridgehead atoms. The lowest BCUT2D eigenvalue weighted by molar-refractivity contribution is 0.0762. The normalized spacial score (nSPS) is 13.2. The first-order valence-electron chi connectivity index (χ1n) is 6.59. The Morgan fingerprint density at radius 1 is 1.21 bits per heavy atom. The Kier molecular flexibility index (Phi) is 5.63. The highest BCUT2D eigenvalue weighted by molar-refractivity contribution is 5.43. The minimum absolute atomic E-state index is 0.186. The maximum atomic E-state index is 9.78. The minimum Gasteiger partial charge on any atom is -0.493 e. The molecule has 2 N–H and O–H groups in total. The maximum Gasteiger partial charge on any atom is 0.161 e. The van der Waals surface area contributed by atoms with Gasteiger partial charge in [-0.15, -0.1) is 0 Å². The van der Waals surface area contributed by atoms with Crippen molar-refractivity contribution < 1.29 is 14.6 Å². The molecule has 0 radical (unpaired) electrons. The SMILES string of the molecule is CCC(NCC(C)(C)O)c1ccc(OC)c(OC)c1. The van der Waals surface area contributed by atoms with Gasteiger partial charge in [-0.1, -0.05) is 13.0 Å². The second-order valence-electron chi connectivity index (χ2n) is 5.27. The van der Waals surface area contributed by atoms with Gasteiger partial charge in [0.25, 0.3) is 0 Å². The average molecular weight is 267 g/mol. The van der Waals surface area contributed by atoms with Gasteiger partial charge in [-0.2, -0.15) is 0 Å². The van der Waals surface area contributed by atoms with Crippen LogP contribution in [0.1, 0.15) is 38.8 Å². The maximum absolute atomic E-state index is 9.78. The van der Waals surface area contributed by atoms with E-state index in [1.165, 1.54) is 0 Å². The number of aliphatic hydroxyl groups is 1. The van der Waals surface area contributed by atoms with Gasteiger partial charge in [-0.3, -0.25) is 0 Å². The zero-order chi connectivity index (χ0) is 14.5. The van der Waals surface area contributed by atoms with Crippen molar-refractivity contribution in [2.24, 2.45) is 0 Å². The quantitative estimate of drug-likeness (QED) is 0.797. The molecule has 0 spiro atoms. The highest BCUT2D eigenvalue weighted by Gasteiger charge is 2.17. The van der Waals surface area contributed by atoms with Crippen molar-refractivity contribution in [3.8, 4) is 11.5 Å². The molecule has 19 heavy (non-hydrogen) atoms. The number of methoxy groups -OCH3 is 2. The average Bonchev–Trinajstić information content (AvgIpc) is 2.37. The van der Waals surface area contributed by atoms with Gasteiger partial charge in [-0.25, -0.2) is 0 Å². The number of ether oxygens (including phenoxy) is 2. The lowest BCUT2D eigenvalue weighted by Gasteiger charge is -2.24. The lowest BCUT2D eigenvalue weighted by atomic mass is 10.0. The molecule has 0 aliphatic heterocycles. The van der Waals surface area contributed by atoms with Gasteiger partial charge in [0.15, 0.2) is 11.5 Å². The number of nitrogens with one attached hydrogen (secondary N) is 1. The van der Waals surface area contributed by atoms with Crippen molar-refractivity contribution in [3.63, 3.8) is 0 Å². The van der Waals surface area contributed by atoms with E-state index in [2.05, 4.69) is 12.2 Å². The molecule has 0 saturated heterocycles. The summed E-state index contributed by atoms with van der Waals surface area (Å²) in [6.07, 6.45) is 0.936. The summed E-state index contributed by atoms with van der Waals surface area (Å²) in [6, 6.07) is 6.09. The van der Waals surface area contributed by atoms with Gasteiger partial charge in [0.2, 0.25) is 0 Å². The standard InChI is InChI=1S/C15H25NO3/c1-6-12(16-10-15(2,3)17)11-7-8-13(18-4)14(9-11)19-5/h7-9,12,16-17H,6,10H2,1-5H3. The van der Waals surface area contributed by atoms with E-state index in [0.29, 0.717) is 6.54 Å². The summed E-state index contributed by atoms with van der Waals surface area (Å²) in [5, 5.41) is 13.2. The molecular weight excluding hydrogens is 242 g/mol. The van der Waals surface area contributed by atoms with Crippen LogP contribution in [0.2, 0.25) is 0 Å². The molecule has 1 rings (SSSR count). The van der Waals surface area contributed by atoms with Crippen LogP contribution in [0.3, 0.4) is 0 Å². The Morgan fingerprint density at radius 3 is 2.32 bits per heavy atom. The molecule has 1 unspecified atom stereocenters. The van der Waals surface area contributed by atoms with Crippen LogP contribution in [-0.4, -0.2) is 31.5 Å². The van der Waals surface area contributed by atoms with Gasteiger partial charge in [0.05, 0.1) is 19.8 Å². The van der Waals surface area contributed by atoms with E-state index >= 15 is 0 Å². The van der Waals surface area contributed by atoms with Crippen molar-refractivity contribution in [1.82, 2.24) is 5.32 Å². The van der Waals surface area contributed by atoms with E-state index < -0.39 is 5.60 Å². The van der Waals surface area contributed by atoms with Crippen LogP contribution in [0.15, 0.2) is 18.2 Å². The van der Waals surface area contributed by atoms with Crippen LogP contribution >= 0.6 is 0 Å². The Labute approximate surface area is 115 Å². The molecule has 1 atom stereocenters. The van der Waals surface area contributed by atoms with Crippen molar-refractivity contribution >= 4 is 0 Å². The zero-order valence-corrected chi connectivity index (χ0v) is 12.5. The Morgan fingerprint density at radius 2 is 1.84 bits per heavy atom. The van der Waals surface area contributed by atoms with Gasteiger partial charge < -0.3 is 19.9 Å². The highest BCUT2D eigenvalue weighted by atomic mass is 16.5. The Hall–Kier alpha value is -1.26. The van der Waals surface area contributed by atoms with E-state index in [1.807, 2.05) is 18.2 Å². The summed E-state index contributed by atoms with van der Waals surface area (Å²) in [4.78, 5) is 0. The van der Waals surface area contributed by atoms with Gasteiger partial charge in [0.1, 0.15) is 0 Å². The topological polar surface area (TPSA) is 50.7 Å². The molecule has 0 aliphatic carbocycles. The molecular formula is C15H25NO3. The molecule has 0 amide bonds. The largest absolute Gasteiger partial charge is 0.493 e. The first-order chi connectivity index (χ1) is 8.91. The molecule has 0 aromatic heterocycles. The smallest absolute Gasteiger partial charge is 0.161 e. The lowest BCUT2D eigenvalue weighted by Crippen LogP contribution is -2.36. The zero-order valence-electron chi connectivity index (χ0n) is 12.5. The summed E-state index contributed by atoms with van der Waals surface area (Å²) < 4.78 is 10.5. The molecule has 4 nitrogen and oxygen atoms in total. The molecule has 108 valence electrons. The third-order valence-electron chi connectivity index (χ3n) is 3.00. The second-order valence-corrected chi connectivity index (χ2v) is 5.27. The van der Waals surface area contributed by atoms with Crippen LogP contribution in [0.4, 0.5) is 0 Å². The molecule has 1 aromatic rings. The van der Waals surface area contributed by atoms with Gasteiger partial charge in [0, 0.05) is 12.6 Å². The number of benzene rings is 1. The van der Waals surface area contributed by atoms with Crippen LogP contribution in [0.5, 0.6) is 11.5 Å². The minimum atomic E-state index is -0.718. The first-order valence-corrected chi connectivity index (χ1v) is 6.59. The highest BCUT2D eigenvalue weighted by Crippen LogP contribution is 2.30. The summed E-state index contributed by atoms with van der Waals surface area (Å²) in [6.45, 7) is 6.24. The van der Waals surface area contributed by atoms with Crippen molar-refractivity contribution in [1.29, 1.82) is 0 Å². The van der Waals surface area contributed by atoms with Crippen molar-refractivity contribution in [2.45, 2.75) is 38.8 Å². The van der Waals surface area contributed by atoms with E-state index in [0.717, 1.165) is 23.5 Å². The first kappa shape index (κ1) is 15.8. The fraction of sp³-hybridized carbons (Fsp3) is 0.600. The van der Waals surface area contributed by atoms with E-state index in [-0.39, 0.29) is 6.04 Å². The molecule has 1 aromatic carbocycles. The summed E-state index contributed by atoms with van der Waals surface area (Å²) >= 11 is 0. The Balaban J connectivity index is 2.86. The van der Waals surface area contributed by atoms with Crippen molar-refractivity contribution in [3.05, 3.63) is 23.8 Å². The second kappa shape index (κ2) is 6.78. The molecule has 0 heterocycles. The molecule has 4 heteroatoms. The van der Waals surface area contributed by atoms with Crippen molar-refractivity contribution in [2.75, 3.05) is 20.8 Å². The summed E-state index contributed by atoms with van der Waals surface area (Å²) in [5.74, 6) is 1.45. The third kappa shape index (κ3) is 4.73. The van der Waals surface area contributed by atoms with Gasteiger partial charge >= 0.3 is 0 Å². The fourth-order valence-electron chi connectivity index (χ4n) is 1.94. The molecule has 0 saturated carbocycles. The van der Waals surface area contributed by atoms with Crippen LogP contribution in [0, 0.1) is 0 Å². The Bertz CT molecular complexity index is 399. The predicted molar refractivity (Wildman–Crippen MR) is 76.9 cm³/mol. The number of hydrogen-bond donors (Lipinski definition) is 2. The fourth-order valence-corrected chi connectivity index (χ4v) is 1.94. The molecule has 0 aliphatic rings. The van der Waals surface area contributed by atoms with Crippen LogP contribution < -0.4 is 14.8 Å². The summed E-state index contributed by atoms with van der Waals surface area (Å²) in [7, 11) is 3.26. The number of hydrogen-bond acceptors (Lipinski definition) is 4. The third-order valence-corrected chi connectivity index (χ3v) is 3.00. The van der Waals surface area contributed by atoms with Crippen LogP contribution in [0.25, 0.3) is 0 Å². The van der Waals surface area contributed by atoms with E-state index in [1.54, 1.807) is 28.1 Å². The van der Waals surface area contributed by atoms with E-state index in [9.17, 15) is 5.11 Å². The summed E-state index contributed by atoms with van der Waals surface area (Å²) in [5.41, 5.74) is 0.411. The molecule has 0 fully saturated rings.